The summed E-state index contributed by atoms with van der Waals surface area (Å²) in [7, 11) is -0.950. The van der Waals surface area contributed by atoms with E-state index in [1.165, 1.54) is 48.6 Å². The summed E-state index contributed by atoms with van der Waals surface area (Å²) in [5, 5.41) is 2.87. The number of sulfonamides is 1. The second-order valence-electron chi connectivity index (χ2n) is 7.15. The highest BCUT2D eigenvalue weighted by Gasteiger charge is 2.19. The molecule has 4 rings (SSSR count). The van der Waals surface area contributed by atoms with Gasteiger partial charge in [-0.1, -0.05) is 36.4 Å². The Morgan fingerprint density at radius 3 is 2.55 bits per heavy atom. The maximum atomic E-state index is 12.4. The van der Waals surface area contributed by atoms with E-state index in [9.17, 15) is 13.2 Å². The van der Waals surface area contributed by atoms with Crippen LogP contribution in [0, 0.1) is 0 Å². The molecule has 3 aromatic rings. The number of hydrogen-bond donors (Lipinski definition) is 2. The topological polar surface area (TPSA) is 84.5 Å². The van der Waals surface area contributed by atoms with Crippen LogP contribution in [0.3, 0.4) is 0 Å². The van der Waals surface area contributed by atoms with Crippen molar-refractivity contribution in [2.75, 3.05) is 19.5 Å². The first kappa shape index (κ1) is 20.8. The van der Waals surface area contributed by atoms with Crippen molar-refractivity contribution in [3.8, 4) is 16.9 Å². The normalized spacial score (nSPS) is 12.5. The number of anilines is 1. The van der Waals surface area contributed by atoms with Crippen LogP contribution in [0.25, 0.3) is 17.2 Å². The summed E-state index contributed by atoms with van der Waals surface area (Å²) in [6.07, 6.45) is 3.78. The number of fused-ring (bicyclic) bond motifs is 3. The molecular weight excluding hydrogens is 412 g/mol. The lowest BCUT2D eigenvalue weighted by Crippen LogP contribution is -2.19. The second-order valence-corrected chi connectivity index (χ2v) is 9.00. The fraction of sp³-hybridized carbons (Fsp3) is 0.125. The molecule has 1 aliphatic carbocycles. The third-order valence-electron chi connectivity index (χ3n) is 5.23. The predicted molar refractivity (Wildman–Crippen MR) is 122 cm³/mol. The Balaban J connectivity index is 1.50. The van der Waals surface area contributed by atoms with E-state index >= 15 is 0 Å². The van der Waals surface area contributed by atoms with Gasteiger partial charge in [0.2, 0.25) is 15.9 Å². The van der Waals surface area contributed by atoms with Crippen LogP contribution in [-0.2, 0) is 21.2 Å². The monoisotopic (exact) mass is 434 g/mol. The van der Waals surface area contributed by atoms with Gasteiger partial charge >= 0.3 is 0 Å². The van der Waals surface area contributed by atoms with Gasteiger partial charge in [-0.3, -0.25) is 4.79 Å². The van der Waals surface area contributed by atoms with Crippen molar-refractivity contribution in [1.82, 2.24) is 4.72 Å². The van der Waals surface area contributed by atoms with Crippen molar-refractivity contribution < 1.29 is 17.9 Å². The molecular formula is C24H22N2O4S. The molecule has 0 spiro atoms. The predicted octanol–water partition coefficient (Wildman–Crippen LogP) is 3.83. The van der Waals surface area contributed by atoms with Crippen molar-refractivity contribution >= 4 is 27.7 Å². The molecule has 158 valence electrons. The number of amides is 1. The molecule has 0 saturated carbocycles. The molecule has 0 heterocycles. The molecule has 31 heavy (non-hydrogen) atoms. The van der Waals surface area contributed by atoms with Crippen molar-refractivity contribution in [2.45, 2.75) is 11.3 Å². The van der Waals surface area contributed by atoms with Gasteiger partial charge in [-0.25, -0.2) is 13.1 Å². The molecule has 1 aliphatic rings. The van der Waals surface area contributed by atoms with Crippen molar-refractivity contribution in [3.05, 3.63) is 83.4 Å². The number of ether oxygens (including phenoxy) is 1. The van der Waals surface area contributed by atoms with E-state index in [-0.39, 0.29) is 16.6 Å². The van der Waals surface area contributed by atoms with Crippen LogP contribution >= 0.6 is 0 Å². The lowest BCUT2D eigenvalue weighted by molar-refractivity contribution is -0.111. The average molecular weight is 435 g/mol. The van der Waals surface area contributed by atoms with Crippen LogP contribution in [0.2, 0.25) is 0 Å². The number of nitrogens with one attached hydrogen (secondary N) is 2. The van der Waals surface area contributed by atoms with Gasteiger partial charge in [-0.05, 0) is 71.6 Å². The molecule has 1 amide bonds. The Morgan fingerprint density at radius 1 is 1.00 bits per heavy atom. The van der Waals surface area contributed by atoms with Gasteiger partial charge < -0.3 is 10.1 Å². The minimum Gasteiger partial charge on any atom is -0.495 e. The summed E-state index contributed by atoms with van der Waals surface area (Å²) < 4.78 is 31.8. The molecule has 2 N–H and O–H groups in total. The highest BCUT2D eigenvalue weighted by molar-refractivity contribution is 7.89. The highest BCUT2D eigenvalue weighted by atomic mass is 32.2. The van der Waals surface area contributed by atoms with E-state index < -0.39 is 10.0 Å². The summed E-state index contributed by atoms with van der Waals surface area (Å²) in [6.45, 7) is 0. The Hall–Kier alpha value is -3.42. The third kappa shape index (κ3) is 4.23. The van der Waals surface area contributed by atoms with Crippen LogP contribution in [-0.4, -0.2) is 28.5 Å². The van der Waals surface area contributed by atoms with E-state index in [1.807, 2.05) is 30.3 Å². The van der Waals surface area contributed by atoms with Crippen LogP contribution in [0.5, 0.6) is 5.75 Å². The molecule has 7 heteroatoms. The van der Waals surface area contributed by atoms with Crippen LogP contribution in [0.15, 0.2) is 71.6 Å². The first-order valence-electron chi connectivity index (χ1n) is 9.73. The van der Waals surface area contributed by atoms with Crippen LogP contribution in [0.4, 0.5) is 5.69 Å². The smallest absolute Gasteiger partial charge is 0.248 e. The number of carbonyl (C=O) groups excluding carboxylic acids is 1. The van der Waals surface area contributed by atoms with Crippen LogP contribution < -0.4 is 14.8 Å². The number of methoxy groups -OCH3 is 1. The zero-order valence-corrected chi connectivity index (χ0v) is 18.0. The zero-order chi connectivity index (χ0) is 22.0. The van der Waals surface area contributed by atoms with Crippen molar-refractivity contribution in [1.29, 1.82) is 0 Å². The van der Waals surface area contributed by atoms with Crippen molar-refractivity contribution in [2.24, 2.45) is 0 Å². The van der Waals surface area contributed by atoms with Crippen LogP contribution in [0.1, 0.15) is 16.7 Å². The molecule has 3 aromatic carbocycles. The van der Waals surface area contributed by atoms with Gasteiger partial charge in [0.15, 0.2) is 0 Å². The number of rotatable bonds is 6. The van der Waals surface area contributed by atoms with Gasteiger partial charge in [0, 0.05) is 11.8 Å². The first-order valence-corrected chi connectivity index (χ1v) is 11.2. The summed E-state index contributed by atoms with van der Waals surface area (Å²) in [5.41, 5.74) is 6.18. The molecule has 0 radical (unpaired) electrons. The van der Waals surface area contributed by atoms with Gasteiger partial charge in [0.25, 0.3) is 0 Å². The van der Waals surface area contributed by atoms with E-state index in [2.05, 4.69) is 22.2 Å². The minimum absolute atomic E-state index is 0.0123. The lowest BCUT2D eigenvalue weighted by Gasteiger charge is -2.09. The molecule has 6 nitrogen and oxygen atoms in total. The van der Waals surface area contributed by atoms with E-state index in [1.54, 1.807) is 18.2 Å². The quantitative estimate of drug-likeness (QED) is 0.452. The van der Waals surface area contributed by atoms with Gasteiger partial charge in [-0.2, -0.15) is 0 Å². The van der Waals surface area contributed by atoms with Gasteiger partial charge in [-0.15, -0.1) is 0 Å². The SMILES string of the molecule is CNS(=O)(=O)c1cc(/C=C/C(=O)Nc2ccc3c(c2)Cc2ccccc2-3)ccc1OC. The standard InChI is InChI=1S/C24H22N2O4S/c1-25-31(28,29)23-13-16(7-11-22(23)30-2)8-12-24(27)26-19-9-10-21-18(15-19)14-17-5-3-4-6-20(17)21/h3-13,15,25H,14H2,1-2H3,(H,26,27)/b12-8+. The summed E-state index contributed by atoms with van der Waals surface area (Å²) in [6, 6.07) is 18.9. The molecule has 0 bridgehead atoms. The van der Waals surface area contributed by atoms with E-state index in [0.717, 1.165) is 12.1 Å². The Labute approximate surface area is 181 Å². The van der Waals surface area contributed by atoms with E-state index in [0.29, 0.717) is 5.56 Å². The number of hydrogen-bond acceptors (Lipinski definition) is 4. The maximum absolute atomic E-state index is 12.4. The van der Waals surface area contributed by atoms with E-state index in [4.69, 9.17) is 4.74 Å². The Kier molecular flexibility index (Phi) is 5.63. The average Bonchev–Trinajstić information content (AvgIpc) is 3.15. The molecule has 0 atom stereocenters. The largest absolute Gasteiger partial charge is 0.495 e. The fourth-order valence-electron chi connectivity index (χ4n) is 3.70. The molecule has 0 aliphatic heterocycles. The number of benzene rings is 3. The Bertz CT molecular complexity index is 1300. The Morgan fingerprint density at radius 2 is 1.77 bits per heavy atom. The fourth-order valence-corrected chi connectivity index (χ4v) is 4.62. The summed E-state index contributed by atoms with van der Waals surface area (Å²) >= 11 is 0. The zero-order valence-electron chi connectivity index (χ0n) is 17.2. The highest BCUT2D eigenvalue weighted by Crippen LogP contribution is 2.37. The van der Waals surface area contributed by atoms with Gasteiger partial charge in [0.05, 0.1) is 7.11 Å². The first-order chi connectivity index (χ1) is 14.9. The van der Waals surface area contributed by atoms with Crippen molar-refractivity contribution in [3.63, 3.8) is 0 Å². The third-order valence-corrected chi connectivity index (χ3v) is 6.67. The second kappa shape index (κ2) is 8.37. The molecule has 0 saturated heterocycles. The summed E-state index contributed by atoms with van der Waals surface area (Å²) in [4.78, 5) is 12.4. The van der Waals surface area contributed by atoms with Gasteiger partial charge in [0.1, 0.15) is 10.6 Å². The lowest BCUT2D eigenvalue weighted by atomic mass is 10.1. The number of carbonyl (C=O) groups is 1. The summed E-state index contributed by atoms with van der Waals surface area (Å²) in [5.74, 6) is -0.0700. The molecule has 0 unspecified atom stereocenters. The minimum atomic E-state index is -3.69. The molecule has 0 fully saturated rings. The maximum Gasteiger partial charge on any atom is 0.248 e. The molecule has 0 aromatic heterocycles.